The van der Waals surface area contributed by atoms with Gasteiger partial charge in [-0.1, -0.05) is 6.07 Å². The molecule has 1 amide bonds. The number of fused-ring (bicyclic) bond motifs is 1. The molecule has 2 aromatic rings. The summed E-state index contributed by atoms with van der Waals surface area (Å²) in [4.78, 5) is 24.4. The molecule has 5 heterocycles. The van der Waals surface area contributed by atoms with Gasteiger partial charge in [-0.15, -0.1) is 0 Å². The van der Waals surface area contributed by atoms with Gasteiger partial charge in [0.2, 0.25) is 5.91 Å². The van der Waals surface area contributed by atoms with Crippen LogP contribution in [0, 0.1) is 0 Å². The van der Waals surface area contributed by atoms with Gasteiger partial charge in [0.25, 0.3) is 5.88 Å². The summed E-state index contributed by atoms with van der Waals surface area (Å²) in [6.45, 7) is 3.64. The number of nitrogens with zero attached hydrogens (tertiary/aromatic N) is 4. The van der Waals surface area contributed by atoms with E-state index >= 15 is 0 Å². The number of ether oxygens (including phenoxy) is 2. The average Bonchev–Trinajstić information content (AvgIpc) is 3.33. The van der Waals surface area contributed by atoms with Crippen LogP contribution in [0.3, 0.4) is 0 Å². The molecular weight excluding hydrogens is 404 g/mol. The summed E-state index contributed by atoms with van der Waals surface area (Å²) in [6.07, 6.45) is 3.45. The van der Waals surface area contributed by atoms with Crippen LogP contribution in [0.1, 0.15) is 11.6 Å². The molecule has 0 radical (unpaired) electrons. The van der Waals surface area contributed by atoms with E-state index in [4.69, 9.17) is 9.47 Å². The highest BCUT2D eigenvalue weighted by molar-refractivity contribution is 7.97. The first-order valence-corrected chi connectivity index (χ1v) is 10.7. The maximum atomic E-state index is 13.0. The number of rotatable bonds is 5. The molecule has 3 aliphatic rings. The predicted molar refractivity (Wildman–Crippen MR) is 110 cm³/mol. The molecule has 0 fully saturated rings. The number of carbonyl (C=O) groups is 1. The van der Waals surface area contributed by atoms with E-state index < -0.39 is 5.92 Å². The van der Waals surface area contributed by atoms with E-state index in [0.29, 0.717) is 43.6 Å². The Balaban J connectivity index is 1.19. The molecular formula is C21H22N4O4S. The van der Waals surface area contributed by atoms with E-state index in [1.54, 1.807) is 36.5 Å². The SMILES string of the molecule is O=C(C(CO)c1ccccn1)N1CC2=C(CN(Sc3cnc4c(c3)OCCO4)C2)C1. The Kier molecular flexibility index (Phi) is 5.32. The normalized spacial score (nSPS) is 19.2. The Bertz CT molecular complexity index is 966. The molecule has 30 heavy (non-hydrogen) atoms. The number of hydrogen-bond acceptors (Lipinski definition) is 8. The third-order valence-corrected chi connectivity index (χ3v) is 6.39. The second-order valence-corrected chi connectivity index (χ2v) is 8.62. The van der Waals surface area contributed by atoms with Crippen molar-refractivity contribution in [2.24, 2.45) is 0 Å². The second kappa shape index (κ2) is 8.25. The van der Waals surface area contributed by atoms with Crippen LogP contribution in [0.5, 0.6) is 11.6 Å². The first-order chi connectivity index (χ1) is 14.7. The number of pyridine rings is 2. The Morgan fingerprint density at radius 1 is 1.13 bits per heavy atom. The lowest BCUT2D eigenvalue weighted by atomic mass is 10.0. The van der Waals surface area contributed by atoms with E-state index in [2.05, 4.69) is 14.3 Å². The van der Waals surface area contributed by atoms with Crippen molar-refractivity contribution >= 4 is 17.9 Å². The van der Waals surface area contributed by atoms with Crippen LogP contribution in [0.15, 0.2) is 52.7 Å². The van der Waals surface area contributed by atoms with Crippen molar-refractivity contribution in [3.8, 4) is 11.6 Å². The monoisotopic (exact) mass is 426 g/mol. The molecule has 0 saturated carbocycles. The minimum absolute atomic E-state index is 0.0687. The second-order valence-electron chi connectivity index (χ2n) is 7.45. The fourth-order valence-electron chi connectivity index (χ4n) is 3.98. The Morgan fingerprint density at radius 3 is 2.67 bits per heavy atom. The van der Waals surface area contributed by atoms with Crippen LogP contribution in [-0.4, -0.2) is 76.2 Å². The van der Waals surface area contributed by atoms with E-state index in [1.807, 2.05) is 17.0 Å². The zero-order valence-electron chi connectivity index (χ0n) is 16.4. The van der Waals surface area contributed by atoms with Gasteiger partial charge in [-0.25, -0.2) is 9.29 Å². The first-order valence-electron chi connectivity index (χ1n) is 9.90. The first kappa shape index (κ1) is 19.3. The molecule has 0 bridgehead atoms. The number of aromatic nitrogens is 2. The molecule has 9 heteroatoms. The fraction of sp³-hybridized carbons (Fsp3) is 0.381. The zero-order valence-corrected chi connectivity index (χ0v) is 17.2. The van der Waals surface area contributed by atoms with Crippen LogP contribution >= 0.6 is 11.9 Å². The van der Waals surface area contributed by atoms with E-state index in [0.717, 1.165) is 18.0 Å². The molecule has 2 aromatic heterocycles. The Labute approximate surface area is 178 Å². The van der Waals surface area contributed by atoms with Crippen LogP contribution in [0.2, 0.25) is 0 Å². The minimum Gasteiger partial charge on any atom is -0.484 e. The molecule has 0 aromatic carbocycles. The van der Waals surface area contributed by atoms with Gasteiger partial charge < -0.3 is 19.5 Å². The molecule has 0 spiro atoms. The summed E-state index contributed by atoms with van der Waals surface area (Å²) in [6, 6.07) is 7.39. The van der Waals surface area contributed by atoms with E-state index in [-0.39, 0.29) is 12.5 Å². The maximum absolute atomic E-state index is 13.0. The largest absolute Gasteiger partial charge is 0.484 e. The fourth-order valence-corrected chi connectivity index (χ4v) is 4.98. The number of aliphatic hydroxyl groups is 1. The minimum atomic E-state index is -0.611. The summed E-state index contributed by atoms with van der Waals surface area (Å²) in [5.41, 5.74) is 3.17. The summed E-state index contributed by atoms with van der Waals surface area (Å²) >= 11 is 1.64. The lowest BCUT2D eigenvalue weighted by Crippen LogP contribution is -2.37. The molecule has 0 aliphatic carbocycles. The van der Waals surface area contributed by atoms with Crippen molar-refractivity contribution in [3.05, 3.63) is 53.5 Å². The molecule has 1 atom stereocenters. The van der Waals surface area contributed by atoms with Crippen LogP contribution in [-0.2, 0) is 4.79 Å². The number of carbonyl (C=O) groups excluding carboxylic acids is 1. The molecule has 8 nitrogen and oxygen atoms in total. The van der Waals surface area contributed by atoms with Crippen molar-refractivity contribution in [1.29, 1.82) is 0 Å². The van der Waals surface area contributed by atoms with Gasteiger partial charge in [0.05, 0.1) is 12.3 Å². The average molecular weight is 426 g/mol. The highest BCUT2D eigenvalue weighted by Crippen LogP contribution is 2.37. The molecule has 1 N–H and O–H groups in total. The highest BCUT2D eigenvalue weighted by atomic mass is 32.2. The van der Waals surface area contributed by atoms with Crippen LogP contribution in [0.4, 0.5) is 0 Å². The topological polar surface area (TPSA) is 88.0 Å². The van der Waals surface area contributed by atoms with E-state index in [1.165, 1.54) is 11.1 Å². The molecule has 156 valence electrons. The van der Waals surface area contributed by atoms with Gasteiger partial charge in [0.15, 0.2) is 5.75 Å². The van der Waals surface area contributed by atoms with Gasteiger partial charge in [-0.3, -0.25) is 9.78 Å². The third-order valence-electron chi connectivity index (χ3n) is 5.44. The van der Waals surface area contributed by atoms with Gasteiger partial charge in [0.1, 0.15) is 19.1 Å². The standard InChI is InChI=1S/C21H22N4O4S/c26-13-17(18-3-1-2-4-22-18)21(27)24-9-14-11-25(12-15(14)10-24)30-16-7-19-20(23-8-16)29-6-5-28-19/h1-4,7-8,17,26H,5-6,9-13H2. The summed E-state index contributed by atoms with van der Waals surface area (Å²) < 4.78 is 13.4. The predicted octanol–water partition coefficient (Wildman–Crippen LogP) is 1.49. The van der Waals surface area contributed by atoms with Crippen LogP contribution < -0.4 is 9.47 Å². The van der Waals surface area contributed by atoms with Crippen molar-refractivity contribution in [2.75, 3.05) is 46.0 Å². The molecule has 3 aliphatic heterocycles. The van der Waals surface area contributed by atoms with Crippen LogP contribution in [0.25, 0.3) is 0 Å². The number of aliphatic hydroxyl groups excluding tert-OH is 1. The van der Waals surface area contributed by atoms with Gasteiger partial charge in [0, 0.05) is 49.5 Å². The summed E-state index contributed by atoms with van der Waals surface area (Å²) in [7, 11) is 0. The Hall–Kier alpha value is -2.62. The van der Waals surface area contributed by atoms with Crippen molar-refractivity contribution in [1.82, 2.24) is 19.2 Å². The van der Waals surface area contributed by atoms with Gasteiger partial charge >= 0.3 is 0 Å². The van der Waals surface area contributed by atoms with E-state index in [9.17, 15) is 9.90 Å². The third kappa shape index (κ3) is 3.76. The number of hydrogen-bond donors (Lipinski definition) is 1. The zero-order chi connectivity index (χ0) is 20.5. The lowest BCUT2D eigenvalue weighted by Gasteiger charge is -2.25. The quantitative estimate of drug-likeness (QED) is 0.568. The Morgan fingerprint density at radius 2 is 1.93 bits per heavy atom. The highest BCUT2D eigenvalue weighted by Gasteiger charge is 2.35. The summed E-state index contributed by atoms with van der Waals surface area (Å²) in [5.74, 6) is 0.557. The lowest BCUT2D eigenvalue weighted by molar-refractivity contribution is -0.132. The van der Waals surface area contributed by atoms with Gasteiger partial charge in [-0.05, 0) is 35.2 Å². The summed E-state index contributed by atoms with van der Waals surface area (Å²) in [5, 5.41) is 9.77. The number of amides is 1. The maximum Gasteiger partial charge on any atom is 0.257 e. The smallest absolute Gasteiger partial charge is 0.257 e. The van der Waals surface area contributed by atoms with Gasteiger partial charge in [-0.2, -0.15) is 0 Å². The molecule has 1 unspecified atom stereocenters. The van der Waals surface area contributed by atoms with Crippen molar-refractivity contribution in [3.63, 3.8) is 0 Å². The van der Waals surface area contributed by atoms with Crippen molar-refractivity contribution in [2.45, 2.75) is 10.8 Å². The van der Waals surface area contributed by atoms with Crippen molar-refractivity contribution < 1.29 is 19.4 Å². The molecule has 5 rings (SSSR count). The molecule has 0 saturated heterocycles.